The minimum Gasteiger partial charge on any atom is -0.497 e. The van der Waals surface area contributed by atoms with Crippen LogP contribution in [0.2, 0.25) is 0 Å². The van der Waals surface area contributed by atoms with Gasteiger partial charge in [0, 0.05) is 35.8 Å². The quantitative estimate of drug-likeness (QED) is 0.532. The molecule has 1 aromatic carbocycles. The van der Waals surface area contributed by atoms with Gasteiger partial charge in [0.15, 0.2) is 5.78 Å². The van der Waals surface area contributed by atoms with Crippen molar-refractivity contribution in [3.05, 3.63) is 29.8 Å². The van der Waals surface area contributed by atoms with Gasteiger partial charge in [0.1, 0.15) is 5.75 Å². The van der Waals surface area contributed by atoms with E-state index >= 15 is 0 Å². The van der Waals surface area contributed by atoms with Crippen LogP contribution in [0.4, 0.5) is 0 Å². The molecule has 1 unspecified atom stereocenters. The van der Waals surface area contributed by atoms with Crippen LogP contribution in [0.5, 0.6) is 5.75 Å². The maximum absolute atomic E-state index is 11.9. The first kappa shape index (κ1) is 14.9. The van der Waals surface area contributed by atoms with E-state index in [1.807, 2.05) is 0 Å². The number of hydrogen-bond acceptors (Lipinski definition) is 4. The van der Waals surface area contributed by atoms with Crippen LogP contribution >= 0.6 is 0 Å². The third-order valence-corrected chi connectivity index (χ3v) is 3.73. The summed E-state index contributed by atoms with van der Waals surface area (Å²) in [6.07, 6.45) is 0.703. The molecule has 0 heterocycles. The zero-order valence-electron chi connectivity index (χ0n) is 10.7. The van der Waals surface area contributed by atoms with Gasteiger partial charge in [-0.3, -0.25) is 9.00 Å². The summed E-state index contributed by atoms with van der Waals surface area (Å²) in [7, 11) is 2.02. The lowest BCUT2D eigenvalue weighted by Gasteiger charge is -2.04. The van der Waals surface area contributed by atoms with E-state index in [-0.39, 0.29) is 11.5 Å². The van der Waals surface area contributed by atoms with Gasteiger partial charge in [0.25, 0.3) is 0 Å². The molecule has 100 valence electrons. The molecule has 0 saturated heterocycles. The van der Waals surface area contributed by atoms with E-state index in [1.165, 1.54) is 0 Å². The fourth-order valence-electron chi connectivity index (χ4n) is 1.46. The normalized spacial score (nSPS) is 12.1. The molecule has 1 atom stereocenters. The van der Waals surface area contributed by atoms with E-state index in [0.29, 0.717) is 30.1 Å². The van der Waals surface area contributed by atoms with Gasteiger partial charge in [-0.2, -0.15) is 0 Å². The molecule has 4 nitrogen and oxygen atoms in total. The first-order valence-electron chi connectivity index (χ1n) is 5.68. The number of rotatable bonds is 8. The van der Waals surface area contributed by atoms with Crippen molar-refractivity contribution in [3.8, 4) is 5.75 Å². The first-order chi connectivity index (χ1) is 8.67. The van der Waals surface area contributed by atoms with Crippen molar-refractivity contribution in [3.63, 3.8) is 0 Å². The molecular weight excluding hydrogens is 252 g/mol. The number of Topliss-reactive ketones (excluding diaryl/α,β-unsaturated/α-hetero) is 1. The Morgan fingerprint density at radius 2 is 2.11 bits per heavy atom. The number of ether oxygens (including phenoxy) is 2. The van der Waals surface area contributed by atoms with Crippen LogP contribution in [0.3, 0.4) is 0 Å². The lowest BCUT2D eigenvalue weighted by molar-refractivity contribution is 0.102. The van der Waals surface area contributed by atoms with Gasteiger partial charge in [0.05, 0.1) is 12.9 Å². The van der Waals surface area contributed by atoms with Gasteiger partial charge in [-0.1, -0.05) is 12.1 Å². The second-order valence-corrected chi connectivity index (χ2v) is 5.37. The van der Waals surface area contributed by atoms with Gasteiger partial charge in [0.2, 0.25) is 0 Å². The number of carbonyl (C=O) groups is 1. The Bertz CT molecular complexity index is 417. The van der Waals surface area contributed by atoms with Gasteiger partial charge in [-0.15, -0.1) is 0 Å². The Morgan fingerprint density at radius 3 is 2.78 bits per heavy atom. The number of hydrogen-bond donors (Lipinski definition) is 0. The lowest BCUT2D eigenvalue weighted by Crippen LogP contribution is -2.14. The lowest BCUT2D eigenvalue weighted by atomic mass is 10.1. The maximum atomic E-state index is 11.9. The molecule has 0 aromatic heterocycles. The summed E-state index contributed by atoms with van der Waals surface area (Å²) >= 11 is 0. The van der Waals surface area contributed by atoms with Crippen molar-refractivity contribution in [1.82, 2.24) is 0 Å². The Hall–Kier alpha value is -1.20. The summed E-state index contributed by atoms with van der Waals surface area (Å²) in [5.74, 6) is 1.05. The highest BCUT2D eigenvalue weighted by molar-refractivity contribution is 7.85. The fraction of sp³-hybridized carbons (Fsp3) is 0.462. The third kappa shape index (κ3) is 4.98. The first-order valence-corrected chi connectivity index (χ1v) is 7.17. The molecule has 0 fully saturated rings. The number of methoxy groups -OCH3 is 2. The van der Waals surface area contributed by atoms with E-state index in [2.05, 4.69) is 0 Å². The molecular formula is C13H18O4S. The zero-order valence-corrected chi connectivity index (χ0v) is 11.5. The van der Waals surface area contributed by atoms with Crippen molar-refractivity contribution >= 4 is 16.6 Å². The molecule has 0 spiro atoms. The number of benzene rings is 1. The zero-order chi connectivity index (χ0) is 13.4. The average Bonchev–Trinajstić information content (AvgIpc) is 2.39. The highest BCUT2D eigenvalue weighted by Crippen LogP contribution is 2.13. The van der Waals surface area contributed by atoms with Crippen molar-refractivity contribution < 1.29 is 18.5 Å². The van der Waals surface area contributed by atoms with Gasteiger partial charge in [-0.05, 0) is 18.6 Å². The predicted molar refractivity (Wildman–Crippen MR) is 71.7 cm³/mol. The van der Waals surface area contributed by atoms with Crippen LogP contribution in [-0.4, -0.2) is 42.3 Å². The Labute approximate surface area is 110 Å². The molecule has 0 aliphatic carbocycles. The van der Waals surface area contributed by atoms with Crippen molar-refractivity contribution in [2.24, 2.45) is 0 Å². The monoisotopic (exact) mass is 270 g/mol. The molecule has 18 heavy (non-hydrogen) atoms. The standard InChI is InChI=1S/C13H18O4S/c1-16-7-4-8-18(15)10-13(14)11-5-3-6-12(9-11)17-2/h3,5-6,9H,4,7-8,10H2,1-2H3. The van der Waals surface area contributed by atoms with Crippen molar-refractivity contribution in [1.29, 1.82) is 0 Å². The summed E-state index contributed by atoms with van der Waals surface area (Å²) in [5, 5.41) is 0. The van der Waals surface area contributed by atoms with Crippen LogP contribution in [0.15, 0.2) is 24.3 Å². The second kappa shape index (κ2) is 8.00. The topological polar surface area (TPSA) is 52.6 Å². The Balaban J connectivity index is 2.51. The molecule has 0 radical (unpaired) electrons. The summed E-state index contributed by atoms with van der Waals surface area (Å²) in [6.45, 7) is 0.569. The molecule has 1 aromatic rings. The average molecular weight is 270 g/mol. The van der Waals surface area contributed by atoms with E-state index in [4.69, 9.17) is 9.47 Å². The SMILES string of the molecule is COCCCS(=O)CC(=O)c1cccc(OC)c1. The number of ketones is 1. The molecule has 5 heteroatoms. The van der Waals surface area contributed by atoms with Gasteiger partial charge >= 0.3 is 0 Å². The van der Waals surface area contributed by atoms with Crippen molar-refractivity contribution in [2.45, 2.75) is 6.42 Å². The second-order valence-electron chi connectivity index (χ2n) is 3.79. The molecule has 0 aliphatic heterocycles. The van der Waals surface area contributed by atoms with Crippen molar-refractivity contribution in [2.75, 3.05) is 32.3 Å². The summed E-state index contributed by atoms with van der Waals surface area (Å²) in [5.41, 5.74) is 0.537. The highest BCUT2D eigenvalue weighted by atomic mass is 32.2. The Kier molecular flexibility index (Phi) is 6.60. The highest BCUT2D eigenvalue weighted by Gasteiger charge is 2.11. The summed E-state index contributed by atoms with van der Waals surface area (Å²) < 4.78 is 21.6. The molecule has 1 rings (SSSR count). The molecule has 0 aliphatic rings. The summed E-state index contributed by atoms with van der Waals surface area (Å²) in [6, 6.07) is 6.89. The predicted octanol–water partition coefficient (Wildman–Crippen LogP) is 1.66. The van der Waals surface area contributed by atoms with Gasteiger partial charge in [-0.25, -0.2) is 0 Å². The molecule has 0 saturated carbocycles. The fourth-order valence-corrected chi connectivity index (χ4v) is 2.51. The van der Waals surface area contributed by atoms with Crippen LogP contribution in [0, 0.1) is 0 Å². The summed E-state index contributed by atoms with van der Waals surface area (Å²) in [4.78, 5) is 11.9. The van der Waals surface area contributed by atoms with E-state index in [1.54, 1.807) is 38.5 Å². The van der Waals surface area contributed by atoms with Crippen LogP contribution in [0.25, 0.3) is 0 Å². The molecule has 0 N–H and O–H groups in total. The van der Waals surface area contributed by atoms with Crippen LogP contribution in [-0.2, 0) is 15.5 Å². The molecule has 0 amide bonds. The maximum Gasteiger partial charge on any atom is 0.175 e. The van der Waals surface area contributed by atoms with E-state index in [9.17, 15) is 9.00 Å². The minimum atomic E-state index is -1.13. The third-order valence-electron chi connectivity index (χ3n) is 2.40. The van der Waals surface area contributed by atoms with E-state index in [0.717, 1.165) is 0 Å². The Morgan fingerprint density at radius 1 is 1.33 bits per heavy atom. The van der Waals surface area contributed by atoms with Crippen LogP contribution in [0.1, 0.15) is 16.8 Å². The largest absolute Gasteiger partial charge is 0.497 e. The minimum absolute atomic E-state index is 0.0525. The van der Waals surface area contributed by atoms with Crippen LogP contribution < -0.4 is 4.74 Å². The number of carbonyl (C=O) groups excluding carboxylic acids is 1. The van der Waals surface area contributed by atoms with E-state index < -0.39 is 10.8 Å². The van der Waals surface area contributed by atoms with Gasteiger partial charge < -0.3 is 9.47 Å². The molecule has 0 bridgehead atoms. The smallest absolute Gasteiger partial charge is 0.175 e.